The Labute approximate surface area is 77.7 Å². The molecule has 1 aliphatic heterocycles. The van der Waals surface area contributed by atoms with Crippen molar-refractivity contribution >= 4 is 5.78 Å². The summed E-state index contributed by atoms with van der Waals surface area (Å²) in [6.07, 6.45) is 3.76. The number of Topliss-reactive ketones (excluding diaryl/α,β-unsaturated/α-hetero) is 1. The van der Waals surface area contributed by atoms with Crippen LogP contribution in [0.2, 0.25) is 0 Å². The second-order valence-corrected chi connectivity index (χ2v) is 3.52. The van der Waals surface area contributed by atoms with Gasteiger partial charge in [0.1, 0.15) is 0 Å². The summed E-state index contributed by atoms with van der Waals surface area (Å²) in [5.74, 6) is -0.220. The lowest BCUT2D eigenvalue weighted by Crippen LogP contribution is -2.36. The Morgan fingerprint density at radius 2 is 2.08 bits per heavy atom. The molecule has 0 radical (unpaired) electrons. The molecule has 0 unspecified atom stereocenters. The molecule has 3 nitrogen and oxygen atoms in total. The average Bonchev–Trinajstić information content (AvgIpc) is 2.59. The molecule has 0 amide bonds. The van der Waals surface area contributed by atoms with Crippen LogP contribution in [0.4, 0.5) is 0 Å². The third-order valence-corrected chi connectivity index (χ3v) is 2.71. The van der Waals surface area contributed by atoms with E-state index in [-0.39, 0.29) is 5.78 Å². The molecule has 13 heavy (non-hydrogen) atoms. The van der Waals surface area contributed by atoms with Crippen molar-refractivity contribution in [2.45, 2.75) is 32.0 Å². The summed E-state index contributed by atoms with van der Waals surface area (Å²) >= 11 is 0. The van der Waals surface area contributed by atoms with Crippen LogP contribution < -0.4 is 0 Å². The number of hydrogen-bond donors (Lipinski definition) is 0. The van der Waals surface area contributed by atoms with E-state index in [0.29, 0.717) is 32.5 Å². The first-order valence-electron chi connectivity index (χ1n) is 4.72. The van der Waals surface area contributed by atoms with E-state index >= 15 is 0 Å². The molecule has 2 aliphatic rings. The Kier molecular flexibility index (Phi) is 2.22. The van der Waals surface area contributed by atoms with Crippen LogP contribution in [-0.2, 0) is 14.3 Å². The maximum absolute atomic E-state index is 11.4. The number of carbonyl (C=O) groups excluding carboxylic acids is 1. The Bertz CT molecular complexity index is 249. The van der Waals surface area contributed by atoms with Crippen LogP contribution in [-0.4, -0.2) is 24.8 Å². The zero-order valence-electron chi connectivity index (χ0n) is 7.84. The third kappa shape index (κ3) is 1.54. The van der Waals surface area contributed by atoms with Crippen LogP contribution in [0.15, 0.2) is 11.6 Å². The van der Waals surface area contributed by atoms with Gasteiger partial charge < -0.3 is 9.47 Å². The summed E-state index contributed by atoms with van der Waals surface area (Å²) in [5, 5.41) is 0. The van der Waals surface area contributed by atoms with Crippen molar-refractivity contribution in [1.82, 2.24) is 0 Å². The Morgan fingerprint density at radius 3 is 2.69 bits per heavy atom. The molecule has 1 spiro atoms. The lowest BCUT2D eigenvalue weighted by molar-refractivity contribution is -0.170. The number of rotatable bonds is 0. The molecule has 1 saturated carbocycles. The highest BCUT2D eigenvalue weighted by Crippen LogP contribution is 2.36. The van der Waals surface area contributed by atoms with Crippen molar-refractivity contribution in [2.24, 2.45) is 0 Å². The number of hydrogen-bond acceptors (Lipinski definition) is 3. The fourth-order valence-corrected chi connectivity index (χ4v) is 1.95. The highest BCUT2D eigenvalue weighted by Gasteiger charge is 2.41. The first kappa shape index (κ1) is 8.91. The largest absolute Gasteiger partial charge is 0.347 e. The number of carbonyl (C=O) groups is 1. The molecule has 0 aromatic rings. The maximum Gasteiger partial charge on any atom is 0.173 e. The van der Waals surface area contributed by atoms with Crippen molar-refractivity contribution in [3.63, 3.8) is 0 Å². The summed E-state index contributed by atoms with van der Waals surface area (Å²) in [6.45, 7) is 3.21. The average molecular weight is 182 g/mol. The van der Waals surface area contributed by atoms with Crippen LogP contribution >= 0.6 is 0 Å². The van der Waals surface area contributed by atoms with Gasteiger partial charge in [0.2, 0.25) is 0 Å². The van der Waals surface area contributed by atoms with Crippen LogP contribution in [0, 0.1) is 0 Å². The second-order valence-electron chi connectivity index (χ2n) is 3.52. The zero-order valence-corrected chi connectivity index (χ0v) is 7.84. The SMILES string of the molecule is C/C=C1/CC2(CCC1=O)OCCO2. The van der Waals surface area contributed by atoms with E-state index < -0.39 is 5.79 Å². The normalized spacial score (nSPS) is 30.2. The van der Waals surface area contributed by atoms with E-state index in [9.17, 15) is 4.79 Å². The minimum Gasteiger partial charge on any atom is -0.347 e. The molecule has 2 fully saturated rings. The Morgan fingerprint density at radius 1 is 1.38 bits per heavy atom. The number of allylic oxidation sites excluding steroid dienone is 1. The van der Waals surface area contributed by atoms with E-state index in [0.717, 1.165) is 5.57 Å². The van der Waals surface area contributed by atoms with Gasteiger partial charge in [-0.2, -0.15) is 0 Å². The zero-order chi connectivity index (χ0) is 9.31. The van der Waals surface area contributed by atoms with Crippen molar-refractivity contribution < 1.29 is 14.3 Å². The lowest BCUT2D eigenvalue weighted by Gasteiger charge is -2.31. The molecule has 72 valence electrons. The van der Waals surface area contributed by atoms with Gasteiger partial charge in [-0.3, -0.25) is 4.79 Å². The molecule has 0 bridgehead atoms. The summed E-state index contributed by atoms with van der Waals surface area (Å²) in [6, 6.07) is 0. The molecular formula is C10H14O3. The molecule has 1 aliphatic carbocycles. The predicted octanol–water partition coefficient (Wildman–Crippen LogP) is 1.43. The molecule has 3 heteroatoms. The van der Waals surface area contributed by atoms with E-state index in [1.165, 1.54) is 0 Å². The van der Waals surface area contributed by atoms with E-state index in [1.54, 1.807) is 0 Å². The number of ether oxygens (including phenoxy) is 2. The van der Waals surface area contributed by atoms with E-state index in [2.05, 4.69) is 0 Å². The molecule has 1 saturated heterocycles. The topological polar surface area (TPSA) is 35.5 Å². The van der Waals surface area contributed by atoms with Crippen LogP contribution in [0.1, 0.15) is 26.2 Å². The molecular weight excluding hydrogens is 168 g/mol. The fourth-order valence-electron chi connectivity index (χ4n) is 1.95. The van der Waals surface area contributed by atoms with Gasteiger partial charge in [0, 0.05) is 19.3 Å². The van der Waals surface area contributed by atoms with Gasteiger partial charge in [0.15, 0.2) is 11.6 Å². The van der Waals surface area contributed by atoms with Crippen molar-refractivity contribution in [3.8, 4) is 0 Å². The first-order chi connectivity index (χ1) is 6.26. The van der Waals surface area contributed by atoms with Gasteiger partial charge in [-0.25, -0.2) is 0 Å². The standard InChI is InChI=1S/C10H14O3/c1-2-8-7-10(4-3-9(8)11)12-5-6-13-10/h2H,3-7H2,1H3/b8-2-. The monoisotopic (exact) mass is 182 g/mol. The minimum absolute atomic E-state index is 0.243. The molecule has 0 aromatic heterocycles. The molecule has 0 atom stereocenters. The molecule has 1 heterocycles. The van der Waals surface area contributed by atoms with Gasteiger partial charge in [-0.15, -0.1) is 0 Å². The second kappa shape index (κ2) is 3.24. The van der Waals surface area contributed by atoms with E-state index in [1.807, 2.05) is 13.0 Å². The number of ketones is 1. The quantitative estimate of drug-likeness (QED) is 0.531. The third-order valence-electron chi connectivity index (χ3n) is 2.71. The summed E-state index contributed by atoms with van der Waals surface area (Å²) < 4.78 is 11.1. The van der Waals surface area contributed by atoms with Crippen LogP contribution in [0.5, 0.6) is 0 Å². The van der Waals surface area contributed by atoms with Gasteiger partial charge in [0.05, 0.1) is 13.2 Å². The van der Waals surface area contributed by atoms with E-state index in [4.69, 9.17) is 9.47 Å². The maximum atomic E-state index is 11.4. The van der Waals surface area contributed by atoms with Crippen molar-refractivity contribution in [3.05, 3.63) is 11.6 Å². The first-order valence-corrected chi connectivity index (χ1v) is 4.72. The smallest absolute Gasteiger partial charge is 0.173 e. The molecule has 2 rings (SSSR count). The highest BCUT2D eigenvalue weighted by atomic mass is 16.7. The van der Waals surface area contributed by atoms with Gasteiger partial charge in [-0.05, 0) is 12.5 Å². The van der Waals surface area contributed by atoms with Gasteiger partial charge in [0.25, 0.3) is 0 Å². The lowest BCUT2D eigenvalue weighted by atomic mass is 9.88. The summed E-state index contributed by atoms with van der Waals surface area (Å²) in [4.78, 5) is 11.4. The fraction of sp³-hybridized carbons (Fsp3) is 0.700. The van der Waals surface area contributed by atoms with Gasteiger partial charge >= 0.3 is 0 Å². The predicted molar refractivity (Wildman–Crippen MR) is 47.3 cm³/mol. The van der Waals surface area contributed by atoms with Crippen molar-refractivity contribution in [2.75, 3.05) is 13.2 Å². The Balaban J connectivity index is 2.14. The van der Waals surface area contributed by atoms with Crippen LogP contribution in [0.3, 0.4) is 0 Å². The summed E-state index contributed by atoms with van der Waals surface area (Å²) in [5.41, 5.74) is 0.855. The van der Waals surface area contributed by atoms with Crippen LogP contribution in [0.25, 0.3) is 0 Å². The molecule has 0 N–H and O–H groups in total. The minimum atomic E-state index is -0.463. The van der Waals surface area contributed by atoms with Gasteiger partial charge in [-0.1, -0.05) is 6.08 Å². The molecule has 0 aromatic carbocycles. The summed E-state index contributed by atoms with van der Waals surface area (Å²) in [7, 11) is 0. The Hall–Kier alpha value is -0.670. The van der Waals surface area contributed by atoms with Crippen molar-refractivity contribution in [1.29, 1.82) is 0 Å². The highest BCUT2D eigenvalue weighted by molar-refractivity contribution is 5.96.